The molecule has 1 aromatic carbocycles. The molecule has 128 valence electrons. The van der Waals surface area contributed by atoms with Crippen molar-refractivity contribution in [2.75, 3.05) is 18.9 Å². The summed E-state index contributed by atoms with van der Waals surface area (Å²) >= 11 is 0. The van der Waals surface area contributed by atoms with Gasteiger partial charge >= 0.3 is 12.8 Å². The normalized spacial score (nSPS) is 11.3. The van der Waals surface area contributed by atoms with E-state index < -0.39 is 35.9 Å². The van der Waals surface area contributed by atoms with Gasteiger partial charge in [-0.1, -0.05) is 0 Å². The average molecular weight is 340 g/mol. The molecular formula is C13H13F5N2O3. The molecule has 0 aliphatic heterocycles. The number of nitrogens with zero attached hydrogens (tertiary/aromatic N) is 1. The van der Waals surface area contributed by atoms with E-state index in [-0.39, 0.29) is 12.2 Å². The van der Waals surface area contributed by atoms with Crippen LogP contribution in [0, 0.1) is 0 Å². The lowest BCUT2D eigenvalue weighted by molar-refractivity contribution is -0.141. The zero-order chi connectivity index (χ0) is 17.8. The maximum absolute atomic E-state index is 12.8. The molecule has 0 spiro atoms. The fourth-order valence-electron chi connectivity index (χ4n) is 1.56. The number of nitrogens with one attached hydrogen (secondary N) is 1. The molecule has 5 nitrogen and oxygen atoms in total. The number of halogens is 5. The Morgan fingerprint density at radius 3 is 2.39 bits per heavy atom. The number of likely N-dealkylation sites (N-methyl/N-ethyl adjacent to an activating group) is 1. The van der Waals surface area contributed by atoms with Crippen LogP contribution in [0.3, 0.4) is 0 Å². The van der Waals surface area contributed by atoms with E-state index in [4.69, 9.17) is 0 Å². The van der Waals surface area contributed by atoms with Crippen LogP contribution in [-0.2, 0) is 15.8 Å². The summed E-state index contributed by atoms with van der Waals surface area (Å²) in [6, 6.07) is 2.14. The fourth-order valence-corrected chi connectivity index (χ4v) is 1.56. The van der Waals surface area contributed by atoms with E-state index >= 15 is 0 Å². The second kappa shape index (κ2) is 7.25. The molecule has 0 radical (unpaired) electrons. The molecule has 0 unspecified atom stereocenters. The van der Waals surface area contributed by atoms with Crippen LogP contribution in [0.2, 0.25) is 0 Å². The smallest absolute Gasteiger partial charge is 0.420 e. The van der Waals surface area contributed by atoms with E-state index in [1.165, 1.54) is 14.0 Å². The summed E-state index contributed by atoms with van der Waals surface area (Å²) in [5, 5.41) is 2.14. The van der Waals surface area contributed by atoms with Gasteiger partial charge in [-0.2, -0.15) is 22.0 Å². The summed E-state index contributed by atoms with van der Waals surface area (Å²) in [6.45, 7) is -2.57. The highest BCUT2D eigenvalue weighted by Gasteiger charge is 2.35. The van der Waals surface area contributed by atoms with Crippen molar-refractivity contribution in [3.05, 3.63) is 23.8 Å². The summed E-state index contributed by atoms with van der Waals surface area (Å²) in [5.41, 5.74) is -1.71. The van der Waals surface area contributed by atoms with Gasteiger partial charge in [0.1, 0.15) is 5.75 Å². The molecule has 0 atom stereocenters. The minimum absolute atomic E-state index is 0.263. The molecule has 0 aliphatic rings. The third-order valence-electron chi connectivity index (χ3n) is 2.70. The van der Waals surface area contributed by atoms with Crippen LogP contribution in [-0.4, -0.2) is 36.9 Å². The van der Waals surface area contributed by atoms with Crippen LogP contribution in [0.4, 0.5) is 27.6 Å². The van der Waals surface area contributed by atoms with Gasteiger partial charge in [-0.15, -0.1) is 0 Å². The van der Waals surface area contributed by atoms with Gasteiger partial charge in [0, 0.05) is 19.7 Å². The molecule has 0 aliphatic carbocycles. The first kappa shape index (κ1) is 18.7. The SMILES string of the molecule is CC(=O)N(C)CC(=O)Nc1ccc(OC(F)F)c(C(F)(F)F)c1. The Bertz CT molecular complexity index is 589. The fraction of sp³-hybridized carbons (Fsp3) is 0.385. The van der Waals surface area contributed by atoms with Crippen molar-refractivity contribution in [2.24, 2.45) is 0 Å². The lowest BCUT2D eigenvalue weighted by Crippen LogP contribution is -2.33. The van der Waals surface area contributed by atoms with E-state index in [9.17, 15) is 31.5 Å². The van der Waals surface area contributed by atoms with Crippen molar-refractivity contribution < 1.29 is 36.3 Å². The predicted molar refractivity (Wildman–Crippen MR) is 70.0 cm³/mol. The molecule has 2 amide bonds. The quantitative estimate of drug-likeness (QED) is 0.839. The standard InChI is InChI=1S/C13H13F5N2O3/c1-7(21)20(2)6-11(22)19-8-3-4-10(23-12(14)15)9(5-8)13(16,17)18/h3-5,12H,6H2,1-2H3,(H,19,22). The lowest BCUT2D eigenvalue weighted by atomic mass is 10.1. The largest absolute Gasteiger partial charge is 0.434 e. The summed E-state index contributed by atoms with van der Waals surface area (Å²) in [4.78, 5) is 23.6. The number of amides is 2. The molecule has 1 N–H and O–H groups in total. The number of carbonyl (C=O) groups is 2. The molecule has 23 heavy (non-hydrogen) atoms. The van der Waals surface area contributed by atoms with Crippen molar-refractivity contribution in [1.82, 2.24) is 4.90 Å². The third kappa shape index (κ3) is 5.72. The number of alkyl halides is 5. The third-order valence-corrected chi connectivity index (χ3v) is 2.70. The van der Waals surface area contributed by atoms with Gasteiger partial charge in [0.25, 0.3) is 0 Å². The Morgan fingerprint density at radius 2 is 1.91 bits per heavy atom. The van der Waals surface area contributed by atoms with E-state index in [1.807, 2.05) is 0 Å². The van der Waals surface area contributed by atoms with Gasteiger partial charge < -0.3 is 15.0 Å². The van der Waals surface area contributed by atoms with Gasteiger partial charge in [-0.25, -0.2) is 0 Å². The molecule has 0 saturated carbocycles. The van der Waals surface area contributed by atoms with Crippen molar-refractivity contribution in [3.63, 3.8) is 0 Å². The maximum Gasteiger partial charge on any atom is 0.420 e. The number of carbonyl (C=O) groups excluding carboxylic acids is 2. The van der Waals surface area contributed by atoms with E-state index in [0.717, 1.165) is 11.0 Å². The van der Waals surface area contributed by atoms with Crippen LogP contribution < -0.4 is 10.1 Å². The minimum Gasteiger partial charge on any atom is -0.434 e. The molecule has 10 heteroatoms. The molecule has 0 saturated heterocycles. The monoisotopic (exact) mass is 340 g/mol. The second-order valence-corrected chi connectivity index (χ2v) is 4.51. The predicted octanol–water partition coefficient (Wildman–Crippen LogP) is 2.72. The van der Waals surface area contributed by atoms with Crippen molar-refractivity contribution >= 4 is 17.5 Å². The van der Waals surface area contributed by atoms with Gasteiger partial charge in [0.05, 0.1) is 12.1 Å². The first-order valence-electron chi connectivity index (χ1n) is 6.18. The average Bonchev–Trinajstić information content (AvgIpc) is 2.38. The molecule has 1 aromatic rings. The summed E-state index contributed by atoms with van der Waals surface area (Å²) in [5.74, 6) is -2.19. The number of hydrogen-bond donors (Lipinski definition) is 1. The first-order chi connectivity index (χ1) is 10.5. The lowest BCUT2D eigenvalue weighted by Gasteiger charge is -2.17. The van der Waals surface area contributed by atoms with Crippen LogP contribution in [0.1, 0.15) is 12.5 Å². The zero-order valence-corrected chi connectivity index (χ0v) is 12.1. The van der Waals surface area contributed by atoms with Gasteiger partial charge in [0.15, 0.2) is 0 Å². The van der Waals surface area contributed by atoms with Gasteiger partial charge in [0.2, 0.25) is 11.8 Å². The molecule has 0 aromatic heterocycles. The Balaban J connectivity index is 2.97. The Labute approximate surface area is 128 Å². The number of ether oxygens (including phenoxy) is 1. The Kier molecular flexibility index (Phi) is 5.88. The molecular weight excluding hydrogens is 327 g/mol. The highest BCUT2D eigenvalue weighted by atomic mass is 19.4. The molecule has 1 rings (SSSR count). The number of hydrogen-bond acceptors (Lipinski definition) is 3. The van der Waals surface area contributed by atoms with Gasteiger partial charge in [-0.05, 0) is 18.2 Å². The summed E-state index contributed by atoms with van der Waals surface area (Å²) in [6.07, 6.45) is -4.94. The van der Waals surface area contributed by atoms with Crippen molar-refractivity contribution in [1.29, 1.82) is 0 Å². The Hall–Kier alpha value is -2.39. The molecule has 0 heterocycles. The van der Waals surface area contributed by atoms with E-state index in [2.05, 4.69) is 10.1 Å². The van der Waals surface area contributed by atoms with Crippen LogP contribution >= 0.6 is 0 Å². The first-order valence-corrected chi connectivity index (χ1v) is 6.18. The van der Waals surface area contributed by atoms with Crippen LogP contribution in [0.5, 0.6) is 5.75 Å². The Morgan fingerprint density at radius 1 is 1.30 bits per heavy atom. The summed E-state index contributed by atoms with van der Waals surface area (Å²) < 4.78 is 66.6. The van der Waals surface area contributed by atoms with E-state index in [0.29, 0.717) is 12.1 Å². The van der Waals surface area contributed by atoms with Crippen LogP contribution in [0.15, 0.2) is 18.2 Å². The number of benzene rings is 1. The zero-order valence-electron chi connectivity index (χ0n) is 12.1. The summed E-state index contributed by atoms with van der Waals surface area (Å²) in [7, 11) is 1.34. The number of anilines is 1. The number of rotatable bonds is 5. The molecule has 0 fully saturated rings. The molecule has 0 bridgehead atoms. The minimum atomic E-state index is -4.94. The van der Waals surface area contributed by atoms with Crippen molar-refractivity contribution in [2.45, 2.75) is 19.7 Å². The topological polar surface area (TPSA) is 58.6 Å². The highest BCUT2D eigenvalue weighted by molar-refractivity contribution is 5.94. The highest BCUT2D eigenvalue weighted by Crippen LogP contribution is 2.38. The van der Waals surface area contributed by atoms with Crippen LogP contribution in [0.25, 0.3) is 0 Å². The van der Waals surface area contributed by atoms with Gasteiger partial charge in [-0.3, -0.25) is 9.59 Å². The maximum atomic E-state index is 12.8. The van der Waals surface area contributed by atoms with Crippen molar-refractivity contribution in [3.8, 4) is 5.75 Å². The second-order valence-electron chi connectivity index (χ2n) is 4.51. The van der Waals surface area contributed by atoms with E-state index in [1.54, 1.807) is 0 Å².